The molecular weight excluding hydrogens is 324 g/mol. The van der Waals surface area contributed by atoms with Gasteiger partial charge in [0.1, 0.15) is 11.1 Å². The lowest BCUT2D eigenvalue weighted by atomic mass is 10.1. The molecular formula is C18H26N2O3S. The fraction of sp³-hybridized carbons (Fsp3) is 0.667. The third-order valence-electron chi connectivity index (χ3n) is 4.94. The van der Waals surface area contributed by atoms with Crippen LogP contribution in [0, 0.1) is 6.92 Å². The standard InChI is InChI=1S/C18H26N2O3S/c1-3-13-11(2)24-18(20-16(21)14-9-6-10-23-14)15(13)17(22)19-12-7-4-5-8-12/h12,14H,3-10H2,1-2H3,(H,19,22)(H,20,21)/t14-/m0/s1. The molecule has 0 radical (unpaired) electrons. The summed E-state index contributed by atoms with van der Waals surface area (Å²) < 4.78 is 5.45. The topological polar surface area (TPSA) is 67.4 Å². The van der Waals surface area contributed by atoms with Gasteiger partial charge in [0.2, 0.25) is 0 Å². The molecule has 5 nitrogen and oxygen atoms in total. The maximum absolute atomic E-state index is 12.8. The quantitative estimate of drug-likeness (QED) is 0.855. The monoisotopic (exact) mass is 350 g/mol. The zero-order valence-corrected chi connectivity index (χ0v) is 15.3. The maximum atomic E-state index is 12.8. The van der Waals surface area contributed by atoms with E-state index >= 15 is 0 Å². The molecule has 0 bridgehead atoms. The number of hydrogen-bond acceptors (Lipinski definition) is 4. The van der Waals surface area contributed by atoms with Gasteiger partial charge in [0.15, 0.2) is 0 Å². The number of amides is 2. The van der Waals surface area contributed by atoms with Crippen LogP contribution in [0.1, 0.15) is 66.2 Å². The predicted molar refractivity (Wildman–Crippen MR) is 95.8 cm³/mol. The summed E-state index contributed by atoms with van der Waals surface area (Å²) >= 11 is 1.49. The Labute approximate surface area is 147 Å². The van der Waals surface area contributed by atoms with Crippen LogP contribution in [0.3, 0.4) is 0 Å². The van der Waals surface area contributed by atoms with Crippen LogP contribution in [-0.2, 0) is 16.0 Å². The van der Waals surface area contributed by atoms with Crippen molar-refractivity contribution in [2.45, 2.75) is 70.9 Å². The van der Waals surface area contributed by atoms with Crippen molar-refractivity contribution < 1.29 is 14.3 Å². The lowest BCUT2D eigenvalue weighted by Crippen LogP contribution is -2.34. The van der Waals surface area contributed by atoms with E-state index in [9.17, 15) is 9.59 Å². The van der Waals surface area contributed by atoms with Gasteiger partial charge in [-0.2, -0.15) is 0 Å². The maximum Gasteiger partial charge on any atom is 0.254 e. The van der Waals surface area contributed by atoms with Crippen molar-refractivity contribution in [2.75, 3.05) is 11.9 Å². The molecule has 1 aliphatic carbocycles. The van der Waals surface area contributed by atoms with Crippen molar-refractivity contribution in [1.82, 2.24) is 5.32 Å². The van der Waals surface area contributed by atoms with Crippen LogP contribution in [0.4, 0.5) is 5.00 Å². The van der Waals surface area contributed by atoms with Crippen molar-refractivity contribution in [3.63, 3.8) is 0 Å². The summed E-state index contributed by atoms with van der Waals surface area (Å²) in [4.78, 5) is 26.3. The van der Waals surface area contributed by atoms with E-state index in [4.69, 9.17) is 4.74 Å². The lowest BCUT2D eigenvalue weighted by molar-refractivity contribution is -0.124. The SMILES string of the molecule is CCc1c(C)sc(NC(=O)[C@@H]2CCCO2)c1C(=O)NC1CCCC1. The summed E-state index contributed by atoms with van der Waals surface area (Å²) in [6.45, 7) is 4.70. The van der Waals surface area contributed by atoms with E-state index in [-0.39, 0.29) is 24.0 Å². The molecule has 2 N–H and O–H groups in total. The summed E-state index contributed by atoms with van der Waals surface area (Å²) in [5.41, 5.74) is 1.69. The average Bonchev–Trinajstić information content (AvgIpc) is 3.27. The first kappa shape index (κ1) is 17.4. The Kier molecular flexibility index (Phi) is 5.56. The summed E-state index contributed by atoms with van der Waals surface area (Å²) in [7, 11) is 0. The van der Waals surface area contributed by atoms with E-state index in [1.165, 1.54) is 24.2 Å². The van der Waals surface area contributed by atoms with Crippen LogP contribution in [0.15, 0.2) is 0 Å². The number of carbonyl (C=O) groups is 2. The first-order valence-corrected chi connectivity index (χ1v) is 9.77. The van der Waals surface area contributed by atoms with Gasteiger partial charge in [-0.1, -0.05) is 19.8 Å². The van der Waals surface area contributed by atoms with Crippen molar-refractivity contribution in [2.24, 2.45) is 0 Å². The molecule has 3 rings (SSSR count). The van der Waals surface area contributed by atoms with E-state index in [1.54, 1.807) is 0 Å². The molecule has 0 unspecified atom stereocenters. The predicted octanol–water partition coefficient (Wildman–Crippen LogP) is 3.41. The van der Waals surface area contributed by atoms with Crippen LogP contribution in [0.5, 0.6) is 0 Å². The summed E-state index contributed by atoms with van der Waals surface area (Å²) in [5, 5.41) is 6.77. The molecule has 1 aromatic heterocycles. The Balaban J connectivity index is 1.79. The van der Waals surface area contributed by atoms with Crippen LogP contribution in [-0.4, -0.2) is 30.6 Å². The van der Waals surface area contributed by atoms with Gasteiger partial charge in [-0.3, -0.25) is 9.59 Å². The number of ether oxygens (including phenoxy) is 1. The van der Waals surface area contributed by atoms with Crippen LogP contribution < -0.4 is 10.6 Å². The van der Waals surface area contributed by atoms with Crippen molar-refractivity contribution in [3.05, 3.63) is 16.0 Å². The number of anilines is 1. The highest BCUT2D eigenvalue weighted by Crippen LogP contribution is 2.34. The van der Waals surface area contributed by atoms with Gasteiger partial charge in [-0.05, 0) is 44.6 Å². The lowest BCUT2D eigenvalue weighted by Gasteiger charge is -2.15. The van der Waals surface area contributed by atoms with Crippen LogP contribution in [0.25, 0.3) is 0 Å². The molecule has 1 saturated carbocycles. The Morgan fingerprint density at radius 3 is 2.58 bits per heavy atom. The van der Waals surface area contributed by atoms with Crippen molar-refractivity contribution in [3.8, 4) is 0 Å². The van der Waals surface area contributed by atoms with Gasteiger partial charge >= 0.3 is 0 Å². The molecule has 2 heterocycles. The molecule has 2 aliphatic rings. The van der Waals surface area contributed by atoms with Crippen molar-refractivity contribution in [1.29, 1.82) is 0 Å². The Morgan fingerprint density at radius 2 is 1.96 bits per heavy atom. The van der Waals surface area contributed by atoms with E-state index in [0.29, 0.717) is 17.2 Å². The first-order chi connectivity index (χ1) is 11.6. The largest absolute Gasteiger partial charge is 0.368 e. The zero-order chi connectivity index (χ0) is 17.1. The average molecular weight is 350 g/mol. The van der Waals surface area contributed by atoms with E-state index in [2.05, 4.69) is 10.6 Å². The Morgan fingerprint density at radius 1 is 1.21 bits per heavy atom. The van der Waals surface area contributed by atoms with E-state index < -0.39 is 0 Å². The normalized spacial score (nSPS) is 21.2. The van der Waals surface area contributed by atoms with E-state index in [0.717, 1.165) is 42.5 Å². The number of nitrogens with one attached hydrogen (secondary N) is 2. The van der Waals surface area contributed by atoms with Gasteiger partial charge < -0.3 is 15.4 Å². The van der Waals surface area contributed by atoms with Gasteiger partial charge in [-0.15, -0.1) is 11.3 Å². The highest BCUT2D eigenvalue weighted by atomic mass is 32.1. The summed E-state index contributed by atoms with van der Waals surface area (Å²) in [5.74, 6) is -0.183. The molecule has 6 heteroatoms. The Bertz CT molecular complexity index is 614. The number of carbonyl (C=O) groups excluding carboxylic acids is 2. The molecule has 2 amide bonds. The van der Waals surface area contributed by atoms with Crippen LogP contribution >= 0.6 is 11.3 Å². The minimum atomic E-state index is -0.386. The molecule has 1 aromatic rings. The second-order valence-corrected chi connectivity index (χ2v) is 7.86. The minimum absolute atomic E-state index is 0.0502. The summed E-state index contributed by atoms with van der Waals surface area (Å²) in [6.07, 6.45) is 6.52. The third kappa shape index (κ3) is 3.64. The second-order valence-electron chi connectivity index (χ2n) is 6.64. The number of rotatable bonds is 5. The summed E-state index contributed by atoms with van der Waals surface area (Å²) in [6, 6.07) is 0.268. The number of hydrogen-bond donors (Lipinski definition) is 2. The minimum Gasteiger partial charge on any atom is -0.368 e. The highest BCUT2D eigenvalue weighted by molar-refractivity contribution is 7.16. The number of thiophene rings is 1. The van der Waals surface area contributed by atoms with Gasteiger partial charge in [0.25, 0.3) is 11.8 Å². The Hall–Kier alpha value is -1.40. The molecule has 1 aliphatic heterocycles. The fourth-order valence-corrected chi connectivity index (χ4v) is 4.78. The second kappa shape index (κ2) is 7.66. The molecule has 24 heavy (non-hydrogen) atoms. The molecule has 1 atom stereocenters. The number of aryl methyl sites for hydroxylation is 1. The molecule has 0 spiro atoms. The molecule has 2 fully saturated rings. The van der Waals surface area contributed by atoms with Gasteiger partial charge in [0.05, 0.1) is 5.56 Å². The van der Waals surface area contributed by atoms with Gasteiger partial charge in [-0.25, -0.2) is 0 Å². The fourth-order valence-electron chi connectivity index (χ4n) is 3.64. The molecule has 132 valence electrons. The van der Waals surface area contributed by atoms with Gasteiger partial charge in [0, 0.05) is 17.5 Å². The van der Waals surface area contributed by atoms with Crippen LogP contribution in [0.2, 0.25) is 0 Å². The van der Waals surface area contributed by atoms with E-state index in [1.807, 2.05) is 13.8 Å². The first-order valence-electron chi connectivity index (χ1n) is 8.95. The highest BCUT2D eigenvalue weighted by Gasteiger charge is 2.28. The van der Waals surface area contributed by atoms with Crippen molar-refractivity contribution >= 4 is 28.2 Å². The molecule has 0 aromatic carbocycles. The molecule has 1 saturated heterocycles. The third-order valence-corrected chi connectivity index (χ3v) is 6.00. The smallest absolute Gasteiger partial charge is 0.254 e. The zero-order valence-electron chi connectivity index (χ0n) is 14.4.